The third kappa shape index (κ3) is 4.95. The molecule has 1 fully saturated rings. The van der Waals surface area contributed by atoms with Crippen LogP contribution in [0.2, 0.25) is 5.02 Å². The zero-order chi connectivity index (χ0) is 15.2. The molecule has 1 aromatic rings. The van der Waals surface area contributed by atoms with E-state index in [0.29, 0.717) is 11.1 Å². The molecule has 118 valence electrons. The Balaban J connectivity index is 1.91. The zero-order valence-corrected chi connectivity index (χ0v) is 15.0. The molecule has 21 heavy (non-hydrogen) atoms. The lowest BCUT2D eigenvalue weighted by atomic mass is 9.97. The number of rotatable bonds is 6. The van der Waals surface area contributed by atoms with Gasteiger partial charge in [0.2, 0.25) is 0 Å². The van der Waals surface area contributed by atoms with Crippen molar-refractivity contribution < 1.29 is 5.11 Å². The molecule has 1 aliphatic rings. The van der Waals surface area contributed by atoms with Crippen molar-refractivity contribution in [3.8, 4) is 0 Å². The number of nitrogens with zero attached hydrogens (tertiary/aromatic N) is 1. The summed E-state index contributed by atoms with van der Waals surface area (Å²) in [6, 6.07) is 6.40. The molecule has 0 aliphatic carbocycles. The van der Waals surface area contributed by atoms with Crippen LogP contribution in [0.4, 0.5) is 0 Å². The van der Waals surface area contributed by atoms with Crippen LogP contribution in [0, 0.1) is 0 Å². The molecule has 1 N–H and O–H groups in total. The van der Waals surface area contributed by atoms with E-state index in [1.807, 2.05) is 18.2 Å². The Morgan fingerprint density at radius 2 is 2.24 bits per heavy atom. The van der Waals surface area contributed by atoms with Gasteiger partial charge in [0.15, 0.2) is 0 Å². The van der Waals surface area contributed by atoms with Gasteiger partial charge in [-0.25, -0.2) is 0 Å². The molecule has 1 aromatic carbocycles. The van der Waals surface area contributed by atoms with E-state index < -0.39 is 6.10 Å². The van der Waals surface area contributed by atoms with Crippen molar-refractivity contribution in [3.05, 3.63) is 33.3 Å². The SMILES string of the molecule is CCCC1CCCCN1CCC(O)c1ccc(Br)cc1Cl. The van der Waals surface area contributed by atoms with E-state index in [1.165, 1.54) is 38.6 Å². The average Bonchev–Trinajstić information content (AvgIpc) is 2.46. The van der Waals surface area contributed by atoms with Crippen LogP contribution >= 0.6 is 27.5 Å². The van der Waals surface area contributed by atoms with Gasteiger partial charge in [0.05, 0.1) is 6.10 Å². The fourth-order valence-electron chi connectivity index (χ4n) is 3.23. The first-order valence-electron chi connectivity index (χ1n) is 7.99. The van der Waals surface area contributed by atoms with Gasteiger partial charge in [0.1, 0.15) is 0 Å². The van der Waals surface area contributed by atoms with Crippen LogP contribution in [-0.4, -0.2) is 29.1 Å². The molecule has 4 heteroatoms. The van der Waals surface area contributed by atoms with Crippen molar-refractivity contribution in [3.63, 3.8) is 0 Å². The second-order valence-electron chi connectivity index (χ2n) is 5.94. The van der Waals surface area contributed by atoms with Crippen LogP contribution in [0.3, 0.4) is 0 Å². The van der Waals surface area contributed by atoms with Gasteiger partial charge in [0.25, 0.3) is 0 Å². The van der Waals surface area contributed by atoms with Gasteiger partial charge in [-0.05, 0) is 49.9 Å². The third-order valence-electron chi connectivity index (χ3n) is 4.38. The number of benzene rings is 1. The Kier molecular flexibility index (Phi) is 7.00. The quantitative estimate of drug-likeness (QED) is 0.741. The molecule has 0 bridgehead atoms. The first-order chi connectivity index (χ1) is 10.1. The highest BCUT2D eigenvalue weighted by Gasteiger charge is 2.22. The predicted molar refractivity (Wildman–Crippen MR) is 92.8 cm³/mol. The van der Waals surface area contributed by atoms with Crippen molar-refractivity contribution in [1.29, 1.82) is 0 Å². The minimum absolute atomic E-state index is 0.477. The second kappa shape index (κ2) is 8.52. The lowest BCUT2D eigenvalue weighted by molar-refractivity contribution is 0.0988. The molecule has 0 aromatic heterocycles. The third-order valence-corrected chi connectivity index (χ3v) is 5.20. The van der Waals surface area contributed by atoms with Crippen LogP contribution < -0.4 is 0 Å². The van der Waals surface area contributed by atoms with Crippen LogP contribution in [0.1, 0.15) is 57.1 Å². The van der Waals surface area contributed by atoms with Crippen molar-refractivity contribution >= 4 is 27.5 Å². The van der Waals surface area contributed by atoms with Crippen molar-refractivity contribution in [2.24, 2.45) is 0 Å². The monoisotopic (exact) mass is 373 g/mol. The van der Waals surface area contributed by atoms with E-state index in [4.69, 9.17) is 11.6 Å². The van der Waals surface area contributed by atoms with Crippen LogP contribution in [0.15, 0.2) is 22.7 Å². The van der Waals surface area contributed by atoms with Crippen LogP contribution in [0.25, 0.3) is 0 Å². The van der Waals surface area contributed by atoms with E-state index in [9.17, 15) is 5.11 Å². The maximum absolute atomic E-state index is 10.4. The highest BCUT2D eigenvalue weighted by molar-refractivity contribution is 9.10. The maximum atomic E-state index is 10.4. The number of likely N-dealkylation sites (tertiary alicyclic amines) is 1. The van der Waals surface area contributed by atoms with Gasteiger partial charge in [-0.3, -0.25) is 0 Å². The molecule has 2 nitrogen and oxygen atoms in total. The highest BCUT2D eigenvalue weighted by Crippen LogP contribution is 2.29. The average molecular weight is 375 g/mol. The lowest BCUT2D eigenvalue weighted by Gasteiger charge is -2.36. The van der Waals surface area contributed by atoms with E-state index in [0.717, 1.165) is 23.0 Å². The number of piperidine rings is 1. The molecule has 2 unspecified atom stereocenters. The van der Waals surface area contributed by atoms with E-state index in [2.05, 4.69) is 27.8 Å². The molecule has 0 spiro atoms. The first kappa shape index (κ1) is 17.3. The Hall–Kier alpha value is -0.0900. The van der Waals surface area contributed by atoms with Crippen LogP contribution in [-0.2, 0) is 0 Å². The summed E-state index contributed by atoms with van der Waals surface area (Å²) in [7, 11) is 0. The molecule has 0 saturated carbocycles. The Morgan fingerprint density at radius 3 is 2.95 bits per heavy atom. The van der Waals surface area contributed by atoms with E-state index in [1.54, 1.807) is 0 Å². The summed E-state index contributed by atoms with van der Waals surface area (Å²) < 4.78 is 0.947. The lowest BCUT2D eigenvalue weighted by Crippen LogP contribution is -2.40. The fraction of sp³-hybridized carbons (Fsp3) is 0.647. The molecule has 1 saturated heterocycles. The number of hydrogen-bond acceptors (Lipinski definition) is 2. The van der Waals surface area contributed by atoms with E-state index in [-0.39, 0.29) is 0 Å². The molecular weight excluding hydrogens is 350 g/mol. The van der Waals surface area contributed by atoms with Gasteiger partial charge in [-0.2, -0.15) is 0 Å². The van der Waals surface area contributed by atoms with Crippen molar-refractivity contribution in [2.75, 3.05) is 13.1 Å². The van der Waals surface area contributed by atoms with Gasteiger partial charge < -0.3 is 10.0 Å². The number of aliphatic hydroxyl groups is 1. The maximum Gasteiger partial charge on any atom is 0.0816 e. The summed E-state index contributed by atoms with van der Waals surface area (Å²) in [6.45, 7) is 4.38. The highest BCUT2D eigenvalue weighted by atomic mass is 79.9. The van der Waals surface area contributed by atoms with Crippen molar-refractivity contribution in [2.45, 2.75) is 57.6 Å². The summed E-state index contributed by atoms with van der Waals surface area (Å²) in [6.07, 6.45) is 6.73. The normalized spacial score (nSPS) is 21.4. The minimum Gasteiger partial charge on any atom is -0.388 e. The Morgan fingerprint density at radius 1 is 1.43 bits per heavy atom. The van der Waals surface area contributed by atoms with Crippen LogP contribution in [0.5, 0.6) is 0 Å². The van der Waals surface area contributed by atoms with E-state index >= 15 is 0 Å². The molecule has 2 atom stereocenters. The van der Waals surface area contributed by atoms with Gasteiger partial charge >= 0.3 is 0 Å². The molecular formula is C17H25BrClNO. The molecule has 0 radical (unpaired) electrons. The second-order valence-corrected chi connectivity index (χ2v) is 7.27. The summed E-state index contributed by atoms with van der Waals surface area (Å²) in [5.74, 6) is 0. The van der Waals surface area contributed by atoms with Gasteiger partial charge in [0, 0.05) is 22.1 Å². The standard InChI is InChI=1S/C17H25BrClNO/c1-2-5-14-6-3-4-10-20(14)11-9-17(21)15-8-7-13(18)12-16(15)19/h7-8,12,14,17,21H,2-6,9-11H2,1H3. The summed E-state index contributed by atoms with van der Waals surface area (Å²) in [5, 5.41) is 11.1. The molecule has 1 aliphatic heterocycles. The van der Waals surface area contributed by atoms with Gasteiger partial charge in [-0.1, -0.05) is 53.4 Å². The fourth-order valence-corrected chi connectivity index (χ4v) is 4.03. The topological polar surface area (TPSA) is 23.5 Å². The number of halogens is 2. The largest absolute Gasteiger partial charge is 0.388 e. The Labute approximate surface area is 141 Å². The Bertz CT molecular complexity index is 452. The molecule has 1 heterocycles. The van der Waals surface area contributed by atoms with Gasteiger partial charge in [-0.15, -0.1) is 0 Å². The summed E-state index contributed by atoms with van der Waals surface area (Å²) >= 11 is 9.62. The summed E-state index contributed by atoms with van der Waals surface area (Å²) in [5.41, 5.74) is 0.837. The molecule has 2 rings (SSSR count). The minimum atomic E-state index is -0.477. The van der Waals surface area contributed by atoms with Crippen molar-refractivity contribution in [1.82, 2.24) is 4.90 Å². The summed E-state index contributed by atoms with van der Waals surface area (Å²) in [4.78, 5) is 2.56. The molecule has 0 amide bonds. The smallest absolute Gasteiger partial charge is 0.0816 e. The predicted octanol–water partition coefficient (Wildman–Crippen LogP) is 5.18. The zero-order valence-electron chi connectivity index (χ0n) is 12.7. The number of aliphatic hydroxyl groups excluding tert-OH is 1. The number of hydrogen-bond donors (Lipinski definition) is 1. The first-order valence-corrected chi connectivity index (χ1v) is 9.16.